The van der Waals surface area contributed by atoms with E-state index in [0.717, 1.165) is 84.2 Å². The molecule has 464 valence electrons. The third-order valence-electron chi connectivity index (χ3n) is 17.8. The number of aromatic amines is 1. The van der Waals surface area contributed by atoms with Crippen LogP contribution in [0.25, 0.3) is 11.0 Å². The van der Waals surface area contributed by atoms with Gasteiger partial charge in [-0.05, 0) is 105 Å². The minimum absolute atomic E-state index is 0.00951. The Kier molecular flexibility index (Phi) is 21.4. The maximum Gasteiger partial charge on any atom is 0.251 e. The van der Waals surface area contributed by atoms with Crippen molar-refractivity contribution < 1.29 is 33.4 Å². The zero-order valence-electron chi connectivity index (χ0n) is 50.2. The summed E-state index contributed by atoms with van der Waals surface area (Å²) in [5.41, 5.74) is 10.7. The number of carbonyl (C=O) groups excluding carboxylic acids is 5. The molecule has 5 amide bonds. The summed E-state index contributed by atoms with van der Waals surface area (Å²) in [4.78, 5) is 89.3. The highest BCUT2D eigenvalue weighted by atomic mass is 35.5. The normalized spacial score (nSPS) is 18.2. The number of piperazine rings is 1. The van der Waals surface area contributed by atoms with Crippen molar-refractivity contribution in [3.05, 3.63) is 124 Å². The first kappa shape index (κ1) is 62.4. The fourth-order valence-corrected chi connectivity index (χ4v) is 12.8. The number of hydrogen-bond donors (Lipinski definition) is 6. The number of likely N-dealkylation sites (tertiary alicyclic amines) is 1. The van der Waals surface area contributed by atoms with Gasteiger partial charge in [-0.3, -0.25) is 33.6 Å². The molecule has 3 atom stereocenters. The quantitative estimate of drug-likeness (QED) is 0.0389. The third kappa shape index (κ3) is 16.3. The molecule has 22 nitrogen and oxygen atoms in total. The van der Waals surface area contributed by atoms with Gasteiger partial charge in [0.05, 0.1) is 49.5 Å². The highest BCUT2D eigenvalue weighted by molar-refractivity contribution is 6.30. The molecule has 3 aliphatic heterocycles. The van der Waals surface area contributed by atoms with Gasteiger partial charge in [-0.1, -0.05) is 66.4 Å². The molecule has 3 aromatic heterocycles. The van der Waals surface area contributed by atoms with E-state index in [9.17, 15) is 24.0 Å². The van der Waals surface area contributed by atoms with Crippen LogP contribution in [0.4, 0.5) is 5.82 Å². The summed E-state index contributed by atoms with van der Waals surface area (Å²) in [5, 5.41) is 23.0. The molecule has 1 aliphatic carbocycles. The lowest BCUT2D eigenvalue weighted by Gasteiger charge is -2.39. The van der Waals surface area contributed by atoms with E-state index >= 15 is 0 Å². The van der Waals surface area contributed by atoms with Crippen LogP contribution in [0.1, 0.15) is 122 Å². The van der Waals surface area contributed by atoms with Gasteiger partial charge in [-0.25, -0.2) is 9.97 Å². The number of hydrogen-bond acceptors (Lipinski definition) is 15. The summed E-state index contributed by atoms with van der Waals surface area (Å²) in [6.07, 6.45) is 14.1. The Morgan fingerprint density at radius 3 is 2.44 bits per heavy atom. The van der Waals surface area contributed by atoms with Crippen molar-refractivity contribution in [1.82, 2.24) is 65.9 Å². The number of piperidine rings is 2. The van der Waals surface area contributed by atoms with Crippen molar-refractivity contribution in [2.75, 3.05) is 90.6 Å². The molecule has 1 unspecified atom stereocenters. The van der Waals surface area contributed by atoms with Crippen LogP contribution in [0.5, 0.6) is 11.5 Å². The van der Waals surface area contributed by atoms with E-state index in [2.05, 4.69) is 56.3 Å². The van der Waals surface area contributed by atoms with Crippen molar-refractivity contribution in [2.24, 2.45) is 11.7 Å². The molecule has 10 rings (SSSR count). The van der Waals surface area contributed by atoms with E-state index in [1.165, 1.54) is 0 Å². The van der Waals surface area contributed by atoms with Crippen LogP contribution in [-0.4, -0.2) is 171 Å². The van der Waals surface area contributed by atoms with Gasteiger partial charge in [0, 0.05) is 125 Å². The molecule has 4 fully saturated rings. The zero-order chi connectivity index (χ0) is 60.7. The molecular formula is C64H84ClN15O7. The van der Waals surface area contributed by atoms with Crippen molar-refractivity contribution >= 4 is 58.0 Å². The molecule has 3 saturated heterocycles. The lowest BCUT2D eigenvalue weighted by Crippen LogP contribution is -2.60. The monoisotopic (exact) mass is 1210 g/mol. The predicted molar refractivity (Wildman–Crippen MR) is 332 cm³/mol. The lowest BCUT2D eigenvalue weighted by molar-refractivity contribution is -0.133. The molecule has 0 spiro atoms. The van der Waals surface area contributed by atoms with E-state index in [4.69, 9.17) is 26.8 Å². The second kappa shape index (κ2) is 29.8. The number of ether oxygens (including phenoxy) is 2. The second-order valence-electron chi connectivity index (χ2n) is 23.6. The van der Waals surface area contributed by atoms with E-state index in [0.29, 0.717) is 133 Å². The van der Waals surface area contributed by atoms with E-state index in [-0.39, 0.29) is 60.4 Å². The molecule has 0 radical (unpaired) electrons. The van der Waals surface area contributed by atoms with Crippen LogP contribution < -0.4 is 41.4 Å². The van der Waals surface area contributed by atoms with Crippen molar-refractivity contribution in [1.29, 1.82) is 0 Å². The Bertz CT molecular complexity index is 3280. The van der Waals surface area contributed by atoms with Crippen molar-refractivity contribution in [2.45, 2.75) is 121 Å². The number of anilines is 1. The molecular weight excluding hydrogens is 1130 g/mol. The van der Waals surface area contributed by atoms with Crippen LogP contribution in [0.3, 0.4) is 0 Å². The number of benzene rings is 3. The molecule has 4 aliphatic rings. The van der Waals surface area contributed by atoms with Crippen molar-refractivity contribution in [3.63, 3.8) is 0 Å². The third-order valence-corrected chi connectivity index (χ3v) is 18.1. The summed E-state index contributed by atoms with van der Waals surface area (Å²) in [6, 6.07) is 21.8. The first-order valence-corrected chi connectivity index (χ1v) is 31.4. The van der Waals surface area contributed by atoms with E-state index in [1.54, 1.807) is 24.2 Å². The smallest absolute Gasteiger partial charge is 0.251 e. The van der Waals surface area contributed by atoms with E-state index in [1.807, 2.05) is 95.8 Å². The van der Waals surface area contributed by atoms with Crippen LogP contribution in [-0.2, 0) is 38.7 Å². The average molecular weight is 1210 g/mol. The molecule has 3 aromatic carbocycles. The molecule has 23 heteroatoms. The fraction of sp³-hybridized carbons (Fsp3) is 0.516. The Labute approximate surface area is 514 Å². The van der Waals surface area contributed by atoms with E-state index < -0.39 is 11.6 Å². The second-order valence-corrected chi connectivity index (χ2v) is 24.0. The van der Waals surface area contributed by atoms with Gasteiger partial charge < -0.3 is 56.2 Å². The Balaban J connectivity index is 0.648. The number of halogens is 1. The standard InChI is InChI=1S/C64H84ClN15O7/c1-3-87-55-38-52(86-2)19-16-48(55)39-67-40-57(82)79-28-8-13-49(41-79)46-11-7-12-47(37-46)61(83)73-58(45-9-5-4-6-10-45)62(84)69-26-20-51-42-80(75-74-51)30-23-56(81)77-35-33-76(34-36-77)29-22-54(44-14-17-50(65)18-15-44)72-63(85)64(66)24-31-78(32-25-64)60-53-21-27-68-59(53)70-43-71-60/h7,11-12,14-19,21,27,37-38,42-43,45,49,54,58,67H,3-6,8-10,13,20,22-26,28-36,39-41,66H2,1-2H3,(H,69,84)(H,72,85)(H,73,83)(H,68,70,71)/t49?,54-,58+/m0/s1. The number of nitrogens with two attached hydrogens (primary N) is 1. The first-order chi connectivity index (χ1) is 42.3. The topological polar surface area (TPSA) is 263 Å². The minimum Gasteiger partial charge on any atom is -0.497 e. The summed E-state index contributed by atoms with van der Waals surface area (Å²) < 4.78 is 12.8. The first-order valence-electron chi connectivity index (χ1n) is 31.1. The summed E-state index contributed by atoms with van der Waals surface area (Å²) in [7, 11) is 1.62. The number of amides is 5. The number of H-pyrrole nitrogens is 1. The fourth-order valence-electron chi connectivity index (χ4n) is 12.7. The predicted octanol–water partition coefficient (Wildman–Crippen LogP) is 5.92. The molecule has 1 saturated carbocycles. The number of aryl methyl sites for hydroxylation is 1. The highest BCUT2D eigenvalue weighted by Gasteiger charge is 2.40. The molecule has 6 heterocycles. The maximum absolute atomic E-state index is 14.1. The molecule has 87 heavy (non-hydrogen) atoms. The number of rotatable bonds is 25. The zero-order valence-corrected chi connectivity index (χ0v) is 50.9. The van der Waals surface area contributed by atoms with Gasteiger partial charge in [-0.15, -0.1) is 5.10 Å². The van der Waals surface area contributed by atoms with Crippen LogP contribution in [0, 0.1) is 5.92 Å². The van der Waals surface area contributed by atoms with Gasteiger partial charge in [0.2, 0.25) is 23.6 Å². The largest absolute Gasteiger partial charge is 0.497 e. The van der Waals surface area contributed by atoms with Gasteiger partial charge in [0.25, 0.3) is 5.91 Å². The van der Waals surface area contributed by atoms with Gasteiger partial charge in [0.15, 0.2) is 0 Å². The maximum atomic E-state index is 14.1. The number of nitrogens with one attached hydrogen (secondary N) is 5. The molecule has 0 bridgehead atoms. The number of carbonyl (C=O) groups is 5. The van der Waals surface area contributed by atoms with Crippen LogP contribution in [0.15, 0.2) is 91.5 Å². The van der Waals surface area contributed by atoms with Crippen LogP contribution in [0.2, 0.25) is 5.02 Å². The average Bonchev–Trinajstić information content (AvgIpc) is 4.17. The highest BCUT2D eigenvalue weighted by Crippen LogP contribution is 2.32. The van der Waals surface area contributed by atoms with Gasteiger partial charge in [-0.2, -0.15) is 0 Å². The Hall–Kier alpha value is -7.66. The number of aromatic nitrogens is 6. The molecule has 7 N–H and O–H groups in total. The lowest BCUT2D eigenvalue weighted by atomic mass is 9.83. The van der Waals surface area contributed by atoms with Gasteiger partial charge >= 0.3 is 0 Å². The summed E-state index contributed by atoms with van der Waals surface area (Å²) >= 11 is 6.28. The van der Waals surface area contributed by atoms with Crippen molar-refractivity contribution in [3.8, 4) is 11.5 Å². The number of methoxy groups -OCH3 is 1. The number of nitrogens with zero attached hydrogens (tertiary/aromatic N) is 9. The molecule has 6 aromatic rings. The minimum atomic E-state index is -1.04. The Morgan fingerprint density at radius 1 is 0.851 bits per heavy atom. The van der Waals surface area contributed by atoms with Crippen LogP contribution >= 0.6 is 11.6 Å². The summed E-state index contributed by atoms with van der Waals surface area (Å²) in [6.45, 7) is 9.48. The Morgan fingerprint density at radius 2 is 1.66 bits per heavy atom. The SMILES string of the molecule is CCOc1cc(OC)ccc1CNCC(=O)N1CCCC(c2cccc(C(=O)N[C@@H](C(=O)NCCc3cn(CCC(=O)N4CCN(CC[C@H](NC(=O)C5(N)CCN(c6ncnc7[nH]ccc67)CC5)c5ccc(Cl)cc5)CC4)nn3)C3CCCCC3)c2)C1. The van der Waals surface area contributed by atoms with Gasteiger partial charge in [0.1, 0.15) is 35.3 Å². The number of fused-ring (bicyclic) bond motifs is 1. The summed E-state index contributed by atoms with van der Waals surface area (Å²) in [5.74, 6) is 1.71.